The Bertz CT molecular complexity index is 602. The molecule has 116 valence electrons. The summed E-state index contributed by atoms with van der Waals surface area (Å²) in [4.78, 5) is 19.6. The van der Waals surface area contributed by atoms with Crippen LogP contribution in [0.3, 0.4) is 0 Å². The molecule has 3 nitrogen and oxygen atoms in total. The summed E-state index contributed by atoms with van der Waals surface area (Å²) in [5, 5.41) is 0. The summed E-state index contributed by atoms with van der Waals surface area (Å²) in [6.45, 7) is 4.68. The SMILES string of the molecule is CC(C)N(Cc1cccnc1)C(=O)CSc1ccc(Br)cc1. The quantitative estimate of drug-likeness (QED) is 0.699. The monoisotopic (exact) mass is 378 g/mol. The van der Waals surface area contributed by atoms with Gasteiger partial charge in [-0.05, 0) is 49.7 Å². The molecular weight excluding hydrogens is 360 g/mol. The average molecular weight is 379 g/mol. The van der Waals surface area contributed by atoms with E-state index in [0.29, 0.717) is 12.3 Å². The Morgan fingerprint density at radius 3 is 2.59 bits per heavy atom. The summed E-state index contributed by atoms with van der Waals surface area (Å²) in [6, 6.07) is 12.1. The minimum atomic E-state index is 0.145. The molecule has 0 saturated heterocycles. The fourth-order valence-corrected chi connectivity index (χ4v) is 3.05. The maximum absolute atomic E-state index is 12.5. The van der Waals surface area contributed by atoms with Crippen molar-refractivity contribution >= 4 is 33.6 Å². The van der Waals surface area contributed by atoms with Gasteiger partial charge >= 0.3 is 0 Å². The third kappa shape index (κ3) is 5.14. The van der Waals surface area contributed by atoms with Crippen LogP contribution < -0.4 is 0 Å². The maximum atomic E-state index is 12.5. The Hall–Kier alpha value is -1.33. The Labute approximate surface area is 144 Å². The first-order chi connectivity index (χ1) is 10.6. The predicted molar refractivity (Wildman–Crippen MR) is 94.8 cm³/mol. The highest BCUT2D eigenvalue weighted by atomic mass is 79.9. The molecule has 0 saturated carbocycles. The van der Waals surface area contributed by atoms with Crippen LogP contribution in [0.5, 0.6) is 0 Å². The summed E-state index contributed by atoms with van der Waals surface area (Å²) in [5.41, 5.74) is 1.05. The lowest BCUT2D eigenvalue weighted by molar-refractivity contribution is -0.130. The lowest BCUT2D eigenvalue weighted by atomic mass is 10.2. The number of halogens is 1. The van der Waals surface area contributed by atoms with E-state index in [0.717, 1.165) is 14.9 Å². The van der Waals surface area contributed by atoms with Crippen LogP contribution >= 0.6 is 27.7 Å². The Balaban J connectivity index is 1.96. The van der Waals surface area contributed by atoms with Gasteiger partial charge < -0.3 is 4.90 Å². The molecule has 0 aliphatic rings. The van der Waals surface area contributed by atoms with Crippen LogP contribution in [0.15, 0.2) is 58.2 Å². The summed E-state index contributed by atoms with van der Waals surface area (Å²) < 4.78 is 1.04. The van der Waals surface area contributed by atoms with Gasteiger partial charge in [0.25, 0.3) is 0 Å². The van der Waals surface area contributed by atoms with Crippen LogP contribution in [-0.2, 0) is 11.3 Å². The van der Waals surface area contributed by atoms with Gasteiger partial charge in [0.1, 0.15) is 0 Å². The molecule has 0 radical (unpaired) electrons. The molecule has 0 aliphatic heterocycles. The highest BCUT2D eigenvalue weighted by molar-refractivity contribution is 9.10. The average Bonchev–Trinajstić information content (AvgIpc) is 2.52. The minimum absolute atomic E-state index is 0.145. The normalized spacial score (nSPS) is 10.7. The Morgan fingerprint density at radius 2 is 2.00 bits per heavy atom. The van der Waals surface area contributed by atoms with E-state index in [4.69, 9.17) is 0 Å². The smallest absolute Gasteiger partial charge is 0.233 e. The highest BCUT2D eigenvalue weighted by Crippen LogP contribution is 2.21. The maximum Gasteiger partial charge on any atom is 0.233 e. The molecule has 0 atom stereocenters. The molecular formula is C17H19BrN2OS. The standard InChI is InChI=1S/C17H19BrN2OS/c1-13(2)20(11-14-4-3-9-19-10-14)17(21)12-22-16-7-5-15(18)6-8-16/h3-10,13H,11-12H2,1-2H3. The molecule has 0 aliphatic carbocycles. The van der Waals surface area contributed by atoms with Crippen LogP contribution in [0, 0.1) is 0 Å². The van der Waals surface area contributed by atoms with Gasteiger partial charge in [-0.1, -0.05) is 22.0 Å². The van der Waals surface area contributed by atoms with Crippen LogP contribution in [0.1, 0.15) is 19.4 Å². The number of nitrogens with zero attached hydrogens (tertiary/aromatic N) is 2. The Morgan fingerprint density at radius 1 is 1.27 bits per heavy atom. The van der Waals surface area contributed by atoms with Crippen molar-refractivity contribution in [1.29, 1.82) is 0 Å². The molecule has 0 N–H and O–H groups in total. The Kier molecular flexibility index (Phi) is 6.46. The minimum Gasteiger partial charge on any atom is -0.335 e. The van der Waals surface area contributed by atoms with E-state index < -0.39 is 0 Å². The van der Waals surface area contributed by atoms with Crippen molar-refractivity contribution in [2.24, 2.45) is 0 Å². The molecule has 0 unspecified atom stereocenters. The molecule has 0 fully saturated rings. The summed E-state index contributed by atoms with van der Waals surface area (Å²) >= 11 is 4.98. The van der Waals surface area contributed by atoms with E-state index in [1.165, 1.54) is 0 Å². The van der Waals surface area contributed by atoms with Crippen molar-refractivity contribution in [3.63, 3.8) is 0 Å². The van der Waals surface area contributed by atoms with E-state index in [-0.39, 0.29) is 11.9 Å². The van der Waals surface area contributed by atoms with Crippen molar-refractivity contribution in [3.8, 4) is 0 Å². The molecule has 1 amide bonds. The number of carbonyl (C=O) groups excluding carboxylic acids is 1. The second kappa shape index (κ2) is 8.34. The molecule has 0 bridgehead atoms. The zero-order valence-electron chi connectivity index (χ0n) is 12.7. The van der Waals surface area contributed by atoms with Gasteiger partial charge in [0.15, 0.2) is 0 Å². The van der Waals surface area contributed by atoms with Crippen molar-refractivity contribution in [3.05, 3.63) is 58.8 Å². The van der Waals surface area contributed by atoms with Crippen LogP contribution in [0.25, 0.3) is 0 Å². The second-order valence-corrected chi connectivity index (χ2v) is 7.18. The van der Waals surface area contributed by atoms with Crippen LogP contribution in [0.4, 0.5) is 0 Å². The van der Waals surface area contributed by atoms with Crippen molar-refractivity contribution in [1.82, 2.24) is 9.88 Å². The molecule has 1 aromatic carbocycles. The molecule has 5 heteroatoms. The van der Waals surface area contributed by atoms with Gasteiger partial charge in [-0.15, -0.1) is 11.8 Å². The van der Waals surface area contributed by atoms with Crippen molar-refractivity contribution in [2.45, 2.75) is 31.3 Å². The lowest BCUT2D eigenvalue weighted by Gasteiger charge is -2.26. The molecule has 2 aromatic rings. The number of thioether (sulfide) groups is 1. The number of pyridine rings is 1. The van der Waals surface area contributed by atoms with Crippen LogP contribution in [0.2, 0.25) is 0 Å². The number of carbonyl (C=O) groups is 1. The lowest BCUT2D eigenvalue weighted by Crippen LogP contribution is -2.37. The molecule has 1 heterocycles. The number of benzene rings is 1. The van der Waals surface area contributed by atoms with E-state index in [2.05, 4.69) is 20.9 Å². The number of hydrogen-bond donors (Lipinski definition) is 0. The number of rotatable bonds is 6. The zero-order valence-corrected chi connectivity index (χ0v) is 15.1. The van der Waals surface area contributed by atoms with Gasteiger partial charge in [-0.25, -0.2) is 0 Å². The first kappa shape index (κ1) is 17.0. The first-order valence-electron chi connectivity index (χ1n) is 7.13. The molecule has 1 aromatic heterocycles. The molecule has 2 rings (SSSR count). The topological polar surface area (TPSA) is 33.2 Å². The second-order valence-electron chi connectivity index (χ2n) is 5.22. The van der Waals surface area contributed by atoms with E-state index in [1.807, 2.05) is 61.3 Å². The molecule has 22 heavy (non-hydrogen) atoms. The highest BCUT2D eigenvalue weighted by Gasteiger charge is 2.17. The van der Waals surface area contributed by atoms with Gasteiger partial charge in [0.2, 0.25) is 5.91 Å². The van der Waals surface area contributed by atoms with Crippen LogP contribution in [-0.4, -0.2) is 27.6 Å². The van der Waals surface area contributed by atoms with E-state index in [9.17, 15) is 4.79 Å². The summed E-state index contributed by atoms with van der Waals surface area (Å²) in [6.07, 6.45) is 3.55. The fourth-order valence-electron chi connectivity index (χ4n) is 2.01. The van der Waals surface area contributed by atoms with Crippen molar-refractivity contribution < 1.29 is 4.79 Å². The summed E-state index contributed by atoms with van der Waals surface area (Å²) in [7, 11) is 0. The third-order valence-corrected chi connectivity index (χ3v) is 4.72. The van der Waals surface area contributed by atoms with Crippen molar-refractivity contribution in [2.75, 3.05) is 5.75 Å². The molecule has 0 spiro atoms. The number of amides is 1. The largest absolute Gasteiger partial charge is 0.335 e. The summed E-state index contributed by atoms with van der Waals surface area (Å²) in [5.74, 6) is 0.590. The first-order valence-corrected chi connectivity index (χ1v) is 8.91. The van der Waals surface area contributed by atoms with E-state index >= 15 is 0 Å². The van der Waals surface area contributed by atoms with Gasteiger partial charge in [0.05, 0.1) is 5.75 Å². The van der Waals surface area contributed by atoms with E-state index in [1.54, 1.807) is 18.0 Å². The van der Waals surface area contributed by atoms with Gasteiger partial charge in [-0.3, -0.25) is 9.78 Å². The number of aromatic nitrogens is 1. The predicted octanol–water partition coefficient (Wildman–Crippen LogP) is 4.37. The zero-order chi connectivity index (χ0) is 15.9. The number of hydrogen-bond acceptors (Lipinski definition) is 3. The third-order valence-electron chi connectivity index (χ3n) is 3.20. The van der Waals surface area contributed by atoms with Gasteiger partial charge in [0, 0.05) is 34.3 Å². The fraction of sp³-hybridized carbons (Fsp3) is 0.294. The van der Waals surface area contributed by atoms with Gasteiger partial charge in [-0.2, -0.15) is 0 Å².